The molecule has 88 valence electrons. The second-order valence-electron chi connectivity index (χ2n) is 5.04. The summed E-state index contributed by atoms with van der Waals surface area (Å²) in [4.78, 5) is 0. The second-order valence-corrected chi connectivity index (χ2v) is 5.04. The highest BCUT2D eigenvalue weighted by Gasteiger charge is 2.43. The first-order chi connectivity index (χ1) is 7.35. The van der Waals surface area contributed by atoms with Gasteiger partial charge in [0.1, 0.15) is 0 Å². The normalized spacial score (nSPS) is 36.0. The lowest BCUT2D eigenvalue weighted by molar-refractivity contribution is 0.0847. The molecule has 2 bridgehead atoms. The molecule has 0 amide bonds. The van der Waals surface area contributed by atoms with Gasteiger partial charge in [0.15, 0.2) is 0 Å². The Bertz CT molecular complexity index is 198. The zero-order valence-corrected chi connectivity index (χ0v) is 9.74. The molecule has 0 aromatic rings. The minimum absolute atomic E-state index is 0.479. The quantitative estimate of drug-likeness (QED) is 0.402. The van der Waals surface area contributed by atoms with Crippen molar-refractivity contribution in [2.45, 2.75) is 70.1 Å². The molecule has 2 aliphatic rings. The summed E-state index contributed by atoms with van der Waals surface area (Å²) in [5.74, 6) is 6.33. The van der Waals surface area contributed by atoms with Gasteiger partial charge in [0.05, 0.1) is 12.2 Å². The van der Waals surface area contributed by atoms with Gasteiger partial charge in [0.2, 0.25) is 0 Å². The number of fused-ring (bicyclic) bond motifs is 2. The Kier molecular flexibility index (Phi) is 4.00. The summed E-state index contributed by atoms with van der Waals surface area (Å²) in [6.07, 6.45) is 9.89. The molecule has 3 N–H and O–H groups in total. The summed E-state index contributed by atoms with van der Waals surface area (Å²) < 4.78 is 5.88. The molecule has 2 saturated heterocycles. The van der Waals surface area contributed by atoms with Crippen molar-refractivity contribution in [2.24, 2.45) is 11.8 Å². The molecule has 2 heterocycles. The van der Waals surface area contributed by atoms with E-state index in [1.54, 1.807) is 0 Å². The molecule has 3 nitrogen and oxygen atoms in total. The Morgan fingerprint density at radius 3 is 2.80 bits per heavy atom. The molecule has 0 radical (unpaired) electrons. The van der Waals surface area contributed by atoms with E-state index >= 15 is 0 Å². The summed E-state index contributed by atoms with van der Waals surface area (Å²) in [5, 5.41) is 0. The third-order valence-electron chi connectivity index (χ3n) is 4.00. The zero-order valence-electron chi connectivity index (χ0n) is 9.74. The van der Waals surface area contributed by atoms with Crippen LogP contribution in [-0.4, -0.2) is 18.2 Å². The van der Waals surface area contributed by atoms with Gasteiger partial charge in [-0.15, -0.1) is 0 Å². The van der Waals surface area contributed by atoms with Crippen molar-refractivity contribution in [3.8, 4) is 0 Å². The summed E-state index contributed by atoms with van der Waals surface area (Å²) in [6, 6.07) is 0.479. The standard InChI is InChI=1S/C12H24N2O/c1-2-3-4-5-11(14-13)10-8-9-6-7-12(10)15-9/h9-12,14H,2-8,13H2,1H3. The van der Waals surface area contributed by atoms with E-state index in [0.29, 0.717) is 24.2 Å². The van der Waals surface area contributed by atoms with Gasteiger partial charge in [-0.25, -0.2) is 0 Å². The van der Waals surface area contributed by atoms with Gasteiger partial charge >= 0.3 is 0 Å². The highest BCUT2D eigenvalue weighted by Crippen LogP contribution is 2.41. The first kappa shape index (κ1) is 11.4. The van der Waals surface area contributed by atoms with Crippen LogP contribution < -0.4 is 11.3 Å². The zero-order chi connectivity index (χ0) is 10.7. The number of hydrogen-bond donors (Lipinski definition) is 2. The topological polar surface area (TPSA) is 47.3 Å². The van der Waals surface area contributed by atoms with Crippen molar-refractivity contribution in [1.82, 2.24) is 5.43 Å². The Morgan fingerprint density at radius 2 is 2.27 bits per heavy atom. The maximum absolute atomic E-state index is 5.88. The number of rotatable bonds is 6. The van der Waals surface area contributed by atoms with E-state index in [1.165, 1.54) is 44.9 Å². The molecule has 2 fully saturated rings. The Balaban J connectivity index is 1.79. The maximum atomic E-state index is 5.88. The molecule has 0 aliphatic carbocycles. The van der Waals surface area contributed by atoms with Gasteiger partial charge < -0.3 is 4.74 Å². The molecular weight excluding hydrogens is 188 g/mol. The fourth-order valence-corrected chi connectivity index (χ4v) is 3.14. The predicted molar refractivity (Wildman–Crippen MR) is 61.3 cm³/mol. The minimum atomic E-state index is 0.479. The van der Waals surface area contributed by atoms with Crippen LogP contribution in [-0.2, 0) is 4.74 Å². The number of unbranched alkanes of at least 4 members (excludes halogenated alkanes) is 2. The molecule has 4 atom stereocenters. The number of nitrogens with two attached hydrogens (primary N) is 1. The van der Waals surface area contributed by atoms with Crippen LogP contribution in [0.25, 0.3) is 0 Å². The maximum Gasteiger partial charge on any atom is 0.0624 e. The summed E-state index contributed by atoms with van der Waals surface area (Å²) >= 11 is 0. The van der Waals surface area contributed by atoms with Crippen LogP contribution in [0.15, 0.2) is 0 Å². The largest absolute Gasteiger partial charge is 0.375 e. The Labute approximate surface area is 92.7 Å². The van der Waals surface area contributed by atoms with Crippen LogP contribution in [0.5, 0.6) is 0 Å². The van der Waals surface area contributed by atoms with Crippen LogP contribution in [0.1, 0.15) is 51.9 Å². The fourth-order valence-electron chi connectivity index (χ4n) is 3.14. The SMILES string of the molecule is CCCCCC(NN)C1CC2CCC1O2. The first-order valence-corrected chi connectivity index (χ1v) is 6.46. The third kappa shape index (κ3) is 2.52. The average molecular weight is 212 g/mol. The molecule has 0 saturated carbocycles. The molecule has 0 aromatic heterocycles. The highest BCUT2D eigenvalue weighted by atomic mass is 16.5. The van der Waals surface area contributed by atoms with E-state index in [0.717, 1.165) is 0 Å². The van der Waals surface area contributed by atoms with Crippen molar-refractivity contribution in [1.29, 1.82) is 0 Å². The van der Waals surface area contributed by atoms with Crippen LogP contribution in [0, 0.1) is 5.92 Å². The van der Waals surface area contributed by atoms with Gasteiger partial charge in [-0.05, 0) is 25.7 Å². The number of nitrogens with one attached hydrogen (secondary N) is 1. The smallest absolute Gasteiger partial charge is 0.0624 e. The summed E-state index contributed by atoms with van der Waals surface area (Å²) in [7, 11) is 0. The van der Waals surface area contributed by atoms with Crippen LogP contribution in [0.4, 0.5) is 0 Å². The van der Waals surface area contributed by atoms with E-state index in [4.69, 9.17) is 10.6 Å². The summed E-state index contributed by atoms with van der Waals surface area (Å²) in [6.45, 7) is 2.24. The molecule has 4 unspecified atom stereocenters. The minimum Gasteiger partial charge on any atom is -0.375 e. The molecule has 0 aromatic carbocycles. The van der Waals surface area contributed by atoms with E-state index in [9.17, 15) is 0 Å². The van der Waals surface area contributed by atoms with Crippen molar-refractivity contribution < 1.29 is 4.74 Å². The van der Waals surface area contributed by atoms with Gasteiger partial charge in [0.25, 0.3) is 0 Å². The second kappa shape index (κ2) is 5.28. The van der Waals surface area contributed by atoms with E-state index in [2.05, 4.69) is 12.3 Å². The van der Waals surface area contributed by atoms with Crippen LogP contribution in [0.2, 0.25) is 0 Å². The van der Waals surface area contributed by atoms with E-state index in [1.807, 2.05) is 0 Å². The third-order valence-corrected chi connectivity index (χ3v) is 4.00. The molecule has 2 aliphatic heterocycles. The van der Waals surface area contributed by atoms with E-state index in [-0.39, 0.29) is 0 Å². The van der Waals surface area contributed by atoms with E-state index < -0.39 is 0 Å². The number of ether oxygens (including phenoxy) is 1. The van der Waals surface area contributed by atoms with Gasteiger partial charge in [-0.2, -0.15) is 0 Å². The lowest BCUT2D eigenvalue weighted by Crippen LogP contribution is -2.44. The highest BCUT2D eigenvalue weighted by molar-refractivity contribution is 4.94. The van der Waals surface area contributed by atoms with Crippen LogP contribution >= 0.6 is 0 Å². The monoisotopic (exact) mass is 212 g/mol. The van der Waals surface area contributed by atoms with Gasteiger partial charge in [0, 0.05) is 12.0 Å². The van der Waals surface area contributed by atoms with Crippen molar-refractivity contribution in [3.05, 3.63) is 0 Å². The van der Waals surface area contributed by atoms with Crippen LogP contribution in [0.3, 0.4) is 0 Å². The Morgan fingerprint density at radius 1 is 1.40 bits per heavy atom. The first-order valence-electron chi connectivity index (χ1n) is 6.46. The molecular formula is C12H24N2O. The number of hydrogen-bond acceptors (Lipinski definition) is 3. The van der Waals surface area contributed by atoms with Crippen molar-refractivity contribution in [2.75, 3.05) is 0 Å². The Hall–Kier alpha value is -0.120. The molecule has 3 heteroatoms. The average Bonchev–Trinajstić information content (AvgIpc) is 2.86. The van der Waals surface area contributed by atoms with Crippen molar-refractivity contribution >= 4 is 0 Å². The summed E-state index contributed by atoms with van der Waals surface area (Å²) in [5.41, 5.74) is 3.01. The molecule has 0 spiro atoms. The lowest BCUT2D eigenvalue weighted by atomic mass is 9.82. The molecule has 15 heavy (non-hydrogen) atoms. The van der Waals surface area contributed by atoms with Gasteiger partial charge in [-0.3, -0.25) is 11.3 Å². The lowest BCUT2D eigenvalue weighted by Gasteiger charge is -2.27. The van der Waals surface area contributed by atoms with Crippen molar-refractivity contribution in [3.63, 3.8) is 0 Å². The predicted octanol–water partition coefficient (Wildman–Crippen LogP) is 1.97. The fraction of sp³-hybridized carbons (Fsp3) is 1.00. The molecule has 2 rings (SSSR count). The number of hydrazine groups is 1. The van der Waals surface area contributed by atoms with Gasteiger partial charge in [-0.1, -0.05) is 26.2 Å².